The molecule has 2 N–H and O–H groups in total. The summed E-state index contributed by atoms with van der Waals surface area (Å²) < 4.78 is 0. The van der Waals surface area contributed by atoms with Crippen molar-refractivity contribution in [3.63, 3.8) is 0 Å². The van der Waals surface area contributed by atoms with Gasteiger partial charge in [-0.2, -0.15) is 0 Å². The van der Waals surface area contributed by atoms with Crippen molar-refractivity contribution in [2.75, 3.05) is 18.4 Å². The van der Waals surface area contributed by atoms with E-state index in [0.717, 1.165) is 37.4 Å². The van der Waals surface area contributed by atoms with E-state index >= 15 is 0 Å². The van der Waals surface area contributed by atoms with Crippen molar-refractivity contribution < 1.29 is 0 Å². The van der Waals surface area contributed by atoms with Crippen LogP contribution in [0.4, 0.5) is 5.95 Å². The van der Waals surface area contributed by atoms with E-state index in [1.807, 2.05) is 19.3 Å². The highest BCUT2D eigenvalue weighted by Gasteiger charge is 2.12. The first-order valence-corrected chi connectivity index (χ1v) is 5.10. The summed E-state index contributed by atoms with van der Waals surface area (Å²) >= 11 is 0. The summed E-state index contributed by atoms with van der Waals surface area (Å²) in [6.45, 7) is 4.17. The number of rotatable bonds is 2. The Balaban J connectivity index is 1.92. The maximum Gasteiger partial charge on any atom is 0.222 e. The van der Waals surface area contributed by atoms with Crippen LogP contribution in [-0.2, 0) is 0 Å². The Hall–Kier alpha value is -1.16. The first kappa shape index (κ1) is 9.40. The van der Waals surface area contributed by atoms with E-state index < -0.39 is 0 Å². The van der Waals surface area contributed by atoms with E-state index in [4.69, 9.17) is 0 Å². The monoisotopic (exact) mass is 192 g/mol. The fourth-order valence-electron chi connectivity index (χ4n) is 1.62. The molecule has 1 fully saturated rings. The molecule has 0 aromatic carbocycles. The summed E-state index contributed by atoms with van der Waals surface area (Å²) in [5, 5.41) is 6.67. The topological polar surface area (TPSA) is 49.8 Å². The van der Waals surface area contributed by atoms with Crippen molar-refractivity contribution in [2.45, 2.75) is 25.8 Å². The number of piperidine rings is 1. The fourth-order valence-corrected chi connectivity index (χ4v) is 1.62. The molecule has 4 nitrogen and oxygen atoms in total. The van der Waals surface area contributed by atoms with E-state index in [1.54, 1.807) is 0 Å². The van der Waals surface area contributed by atoms with Gasteiger partial charge in [0.1, 0.15) is 0 Å². The zero-order valence-corrected chi connectivity index (χ0v) is 8.45. The lowest BCUT2D eigenvalue weighted by atomic mass is 10.1. The van der Waals surface area contributed by atoms with E-state index in [1.165, 1.54) is 0 Å². The third kappa shape index (κ3) is 2.42. The highest BCUT2D eigenvalue weighted by atomic mass is 15.1. The predicted molar refractivity (Wildman–Crippen MR) is 56.3 cm³/mol. The van der Waals surface area contributed by atoms with Crippen molar-refractivity contribution in [1.29, 1.82) is 0 Å². The number of aromatic nitrogens is 2. The van der Waals surface area contributed by atoms with Crippen LogP contribution in [0.2, 0.25) is 0 Å². The molecule has 0 aliphatic carbocycles. The van der Waals surface area contributed by atoms with Crippen LogP contribution in [0.5, 0.6) is 0 Å². The van der Waals surface area contributed by atoms with Crippen LogP contribution < -0.4 is 10.6 Å². The first-order valence-electron chi connectivity index (χ1n) is 5.10. The molecule has 0 bridgehead atoms. The molecule has 1 aliphatic rings. The average Bonchev–Trinajstić information content (AvgIpc) is 2.23. The van der Waals surface area contributed by atoms with E-state index in [2.05, 4.69) is 20.6 Å². The third-order valence-electron chi connectivity index (χ3n) is 2.45. The molecule has 4 heteroatoms. The Kier molecular flexibility index (Phi) is 2.93. The highest BCUT2D eigenvalue weighted by Crippen LogP contribution is 2.08. The SMILES string of the molecule is Cc1cnc(NC2CCNCC2)nc1. The summed E-state index contributed by atoms with van der Waals surface area (Å²) in [6.07, 6.45) is 5.99. The zero-order chi connectivity index (χ0) is 9.80. The van der Waals surface area contributed by atoms with Gasteiger partial charge in [-0.1, -0.05) is 0 Å². The number of nitrogens with one attached hydrogen (secondary N) is 2. The summed E-state index contributed by atoms with van der Waals surface area (Å²) in [6, 6.07) is 0.527. The van der Waals surface area contributed by atoms with Crippen LogP contribution >= 0.6 is 0 Å². The molecule has 2 rings (SSSR count). The molecule has 0 saturated carbocycles. The van der Waals surface area contributed by atoms with Crippen LogP contribution in [0.3, 0.4) is 0 Å². The van der Waals surface area contributed by atoms with E-state index in [-0.39, 0.29) is 0 Å². The lowest BCUT2D eigenvalue weighted by molar-refractivity contribution is 0.477. The third-order valence-corrected chi connectivity index (χ3v) is 2.45. The molecule has 2 heterocycles. The van der Waals surface area contributed by atoms with Gasteiger partial charge in [-0.25, -0.2) is 9.97 Å². The molecule has 76 valence electrons. The normalized spacial score (nSPS) is 18.1. The number of anilines is 1. The molecule has 1 aliphatic heterocycles. The highest BCUT2D eigenvalue weighted by molar-refractivity contribution is 5.26. The number of aryl methyl sites for hydroxylation is 1. The van der Waals surface area contributed by atoms with Gasteiger partial charge < -0.3 is 10.6 Å². The van der Waals surface area contributed by atoms with Crippen LogP contribution in [0.1, 0.15) is 18.4 Å². The number of hydrogen-bond donors (Lipinski definition) is 2. The number of nitrogens with zero attached hydrogens (tertiary/aromatic N) is 2. The minimum atomic E-state index is 0.527. The lowest BCUT2D eigenvalue weighted by Crippen LogP contribution is -2.35. The van der Waals surface area contributed by atoms with Crippen molar-refractivity contribution in [3.05, 3.63) is 18.0 Å². The van der Waals surface area contributed by atoms with Crippen LogP contribution in [0, 0.1) is 6.92 Å². The largest absolute Gasteiger partial charge is 0.351 e. The minimum Gasteiger partial charge on any atom is -0.351 e. The molecule has 0 atom stereocenters. The summed E-state index contributed by atoms with van der Waals surface area (Å²) in [4.78, 5) is 8.46. The molecular weight excluding hydrogens is 176 g/mol. The first-order chi connectivity index (χ1) is 6.84. The quantitative estimate of drug-likeness (QED) is 0.732. The van der Waals surface area contributed by atoms with Crippen LogP contribution in [0.25, 0.3) is 0 Å². The second-order valence-corrected chi connectivity index (χ2v) is 3.75. The van der Waals surface area contributed by atoms with Crippen molar-refractivity contribution in [2.24, 2.45) is 0 Å². The Bertz CT molecular complexity index is 277. The molecular formula is C10H16N4. The molecule has 1 saturated heterocycles. The molecule has 0 amide bonds. The van der Waals surface area contributed by atoms with E-state index in [9.17, 15) is 0 Å². The van der Waals surface area contributed by atoms with E-state index in [0.29, 0.717) is 6.04 Å². The molecule has 1 aromatic rings. The Labute approximate surface area is 84.2 Å². The number of hydrogen-bond acceptors (Lipinski definition) is 4. The van der Waals surface area contributed by atoms with Crippen molar-refractivity contribution in [1.82, 2.24) is 15.3 Å². The van der Waals surface area contributed by atoms with Gasteiger partial charge in [0, 0.05) is 18.4 Å². The van der Waals surface area contributed by atoms with Gasteiger partial charge in [-0.15, -0.1) is 0 Å². The maximum absolute atomic E-state index is 4.23. The van der Waals surface area contributed by atoms with Gasteiger partial charge in [0.15, 0.2) is 0 Å². The van der Waals surface area contributed by atoms with Gasteiger partial charge in [-0.05, 0) is 38.4 Å². The van der Waals surface area contributed by atoms with Crippen molar-refractivity contribution in [3.8, 4) is 0 Å². The maximum atomic E-state index is 4.23. The second kappa shape index (κ2) is 4.37. The predicted octanol–water partition coefficient (Wildman–Crippen LogP) is 0.949. The fraction of sp³-hybridized carbons (Fsp3) is 0.600. The lowest BCUT2D eigenvalue weighted by Gasteiger charge is -2.23. The molecule has 0 radical (unpaired) electrons. The van der Waals surface area contributed by atoms with Gasteiger partial charge in [0.05, 0.1) is 0 Å². The smallest absolute Gasteiger partial charge is 0.222 e. The summed E-state index contributed by atoms with van der Waals surface area (Å²) in [5.41, 5.74) is 1.10. The Morgan fingerprint density at radius 2 is 1.93 bits per heavy atom. The average molecular weight is 192 g/mol. The van der Waals surface area contributed by atoms with Gasteiger partial charge in [-0.3, -0.25) is 0 Å². The van der Waals surface area contributed by atoms with Crippen molar-refractivity contribution >= 4 is 5.95 Å². The van der Waals surface area contributed by atoms with Crippen LogP contribution in [-0.4, -0.2) is 29.1 Å². The standard InChI is InChI=1S/C10H16N4/c1-8-6-12-10(13-7-8)14-9-2-4-11-5-3-9/h6-7,9,11H,2-5H2,1H3,(H,12,13,14). The van der Waals surface area contributed by atoms with Crippen LogP contribution in [0.15, 0.2) is 12.4 Å². The molecule has 0 spiro atoms. The van der Waals surface area contributed by atoms with Gasteiger partial charge in [0.25, 0.3) is 0 Å². The molecule has 1 aromatic heterocycles. The molecule has 0 unspecified atom stereocenters. The Morgan fingerprint density at radius 1 is 1.29 bits per heavy atom. The Morgan fingerprint density at radius 3 is 2.57 bits per heavy atom. The van der Waals surface area contributed by atoms with Gasteiger partial charge >= 0.3 is 0 Å². The zero-order valence-electron chi connectivity index (χ0n) is 8.45. The second-order valence-electron chi connectivity index (χ2n) is 3.75. The summed E-state index contributed by atoms with van der Waals surface area (Å²) in [7, 11) is 0. The molecule has 14 heavy (non-hydrogen) atoms. The summed E-state index contributed by atoms with van der Waals surface area (Å²) in [5.74, 6) is 0.752. The minimum absolute atomic E-state index is 0.527. The van der Waals surface area contributed by atoms with Gasteiger partial charge in [0.2, 0.25) is 5.95 Å².